The third-order valence-electron chi connectivity index (χ3n) is 1.91. The van der Waals surface area contributed by atoms with Gasteiger partial charge in [-0.05, 0) is 19.1 Å². The monoisotopic (exact) mass is 206 g/mol. The first-order chi connectivity index (χ1) is 7.16. The molecular weight excluding hydrogens is 196 g/mol. The van der Waals surface area contributed by atoms with E-state index in [1.165, 1.54) is 13.0 Å². The first-order valence-electron chi connectivity index (χ1n) is 4.54. The van der Waals surface area contributed by atoms with E-state index in [1.807, 2.05) is 0 Å². The molecule has 2 aromatic rings. The summed E-state index contributed by atoms with van der Waals surface area (Å²) in [6.07, 6.45) is -0.963. The van der Waals surface area contributed by atoms with E-state index in [2.05, 4.69) is 0 Å². The van der Waals surface area contributed by atoms with E-state index in [0.717, 1.165) is 0 Å². The van der Waals surface area contributed by atoms with Crippen molar-refractivity contribution >= 4 is 11.0 Å². The summed E-state index contributed by atoms with van der Waals surface area (Å²) in [7, 11) is 0. The molecule has 0 aliphatic carbocycles. The summed E-state index contributed by atoms with van der Waals surface area (Å²) in [6.45, 7) is 1.48. The lowest BCUT2D eigenvalue weighted by atomic mass is 10.2. The van der Waals surface area contributed by atoms with Crippen LogP contribution in [0.15, 0.2) is 39.5 Å². The molecule has 4 heteroatoms. The Bertz CT molecular complexity index is 527. The van der Waals surface area contributed by atoms with Crippen LogP contribution in [0.25, 0.3) is 11.0 Å². The highest BCUT2D eigenvalue weighted by Crippen LogP contribution is 2.23. The van der Waals surface area contributed by atoms with Gasteiger partial charge in [0.15, 0.2) is 6.29 Å². The molecule has 15 heavy (non-hydrogen) atoms. The number of para-hydroxylation sites is 1. The second-order valence-corrected chi connectivity index (χ2v) is 3.14. The number of hydrogen-bond acceptors (Lipinski definition) is 4. The van der Waals surface area contributed by atoms with Crippen LogP contribution < -0.4 is 10.4 Å². The zero-order valence-electron chi connectivity index (χ0n) is 8.14. The Hall–Kier alpha value is -1.81. The lowest BCUT2D eigenvalue weighted by Crippen LogP contribution is -2.11. The predicted octanol–water partition coefficient (Wildman–Crippen LogP) is 1.51. The van der Waals surface area contributed by atoms with Gasteiger partial charge in [0, 0.05) is 0 Å². The molecular formula is C11H10O4. The lowest BCUT2D eigenvalue weighted by Gasteiger charge is -2.09. The molecule has 0 spiro atoms. The summed E-state index contributed by atoms with van der Waals surface area (Å²) >= 11 is 0. The fourth-order valence-corrected chi connectivity index (χ4v) is 1.36. The zero-order valence-corrected chi connectivity index (χ0v) is 8.14. The molecule has 4 nitrogen and oxygen atoms in total. The topological polar surface area (TPSA) is 59.7 Å². The third kappa shape index (κ3) is 1.99. The molecule has 1 unspecified atom stereocenters. The predicted molar refractivity (Wildman–Crippen MR) is 54.8 cm³/mol. The first-order valence-corrected chi connectivity index (χ1v) is 4.54. The van der Waals surface area contributed by atoms with Crippen molar-refractivity contribution in [2.75, 3.05) is 0 Å². The molecule has 0 saturated carbocycles. The molecule has 0 saturated heterocycles. The zero-order chi connectivity index (χ0) is 10.8. The Morgan fingerprint density at radius 1 is 1.40 bits per heavy atom. The lowest BCUT2D eigenvalue weighted by molar-refractivity contribution is 0.000591. The fraction of sp³-hybridized carbons (Fsp3) is 0.182. The minimum absolute atomic E-state index is 0.330. The molecule has 0 radical (unpaired) electrons. The van der Waals surface area contributed by atoms with Crippen molar-refractivity contribution in [2.45, 2.75) is 13.2 Å². The molecule has 0 amide bonds. The van der Waals surface area contributed by atoms with Gasteiger partial charge in [0.25, 0.3) is 0 Å². The molecule has 78 valence electrons. The largest absolute Gasteiger partial charge is 0.464 e. The molecule has 1 atom stereocenters. The summed E-state index contributed by atoms with van der Waals surface area (Å²) in [5, 5.41) is 9.77. The van der Waals surface area contributed by atoms with Crippen LogP contribution in [0.1, 0.15) is 6.92 Å². The molecule has 0 bridgehead atoms. The van der Waals surface area contributed by atoms with Gasteiger partial charge in [-0.25, -0.2) is 4.79 Å². The number of rotatable bonds is 2. The molecule has 2 rings (SSSR count). The number of fused-ring (bicyclic) bond motifs is 1. The quantitative estimate of drug-likeness (QED) is 0.597. The van der Waals surface area contributed by atoms with Crippen molar-refractivity contribution in [3.05, 3.63) is 40.8 Å². The second-order valence-electron chi connectivity index (χ2n) is 3.14. The van der Waals surface area contributed by atoms with E-state index in [4.69, 9.17) is 14.3 Å². The average Bonchev–Trinajstić information content (AvgIpc) is 2.16. The van der Waals surface area contributed by atoms with Crippen LogP contribution in [-0.2, 0) is 0 Å². The van der Waals surface area contributed by atoms with Gasteiger partial charge in [-0.15, -0.1) is 0 Å². The van der Waals surface area contributed by atoms with Crippen LogP contribution in [0.5, 0.6) is 5.75 Å². The Labute approximate surface area is 85.7 Å². The van der Waals surface area contributed by atoms with Gasteiger partial charge in [-0.2, -0.15) is 0 Å². The molecule has 0 aliphatic heterocycles. The number of benzene rings is 1. The van der Waals surface area contributed by atoms with Crippen LogP contribution in [0.3, 0.4) is 0 Å². The minimum Gasteiger partial charge on any atom is -0.464 e. The van der Waals surface area contributed by atoms with Crippen LogP contribution in [-0.4, -0.2) is 11.4 Å². The molecule has 0 aliphatic rings. The number of aliphatic hydroxyl groups excluding tert-OH is 1. The number of aliphatic hydroxyl groups is 1. The molecule has 1 aromatic heterocycles. The second kappa shape index (κ2) is 3.74. The van der Waals surface area contributed by atoms with Crippen LogP contribution in [0.2, 0.25) is 0 Å². The highest BCUT2D eigenvalue weighted by molar-refractivity contribution is 5.82. The smallest absolute Gasteiger partial charge is 0.339 e. The summed E-state index contributed by atoms with van der Waals surface area (Å²) in [6, 6.07) is 8.21. The van der Waals surface area contributed by atoms with Gasteiger partial charge in [0.2, 0.25) is 0 Å². The third-order valence-corrected chi connectivity index (χ3v) is 1.91. The van der Waals surface area contributed by atoms with Crippen LogP contribution in [0.4, 0.5) is 0 Å². The van der Waals surface area contributed by atoms with Gasteiger partial charge in [0.05, 0.1) is 11.5 Å². The van der Waals surface area contributed by atoms with Gasteiger partial charge in [0.1, 0.15) is 11.3 Å². The van der Waals surface area contributed by atoms with Crippen molar-refractivity contribution in [3.63, 3.8) is 0 Å². The number of hydrogen-bond donors (Lipinski definition) is 1. The highest BCUT2D eigenvalue weighted by atomic mass is 16.6. The SMILES string of the molecule is CC(O)Oc1cc(=O)oc2ccccc12. The van der Waals surface area contributed by atoms with E-state index < -0.39 is 11.9 Å². The van der Waals surface area contributed by atoms with E-state index in [9.17, 15) is 4.79 Å². The van der Waals surface area contributed by atoms with Crippen molar-refractivity contribution in [2.24, 2.45) is 0 Å². The summed E-state index contributed by atoms with van der Waals surface area (Å²) in [5.74, 6) is 0.330. The highest BCUT2D eigenvalue weighted by Gasteiger charge is 2.07. The Balaban J connectivity index is 2.66. The maximum atomic E-state index is 11.2. The van der Waals surface area contributed by atoms with E-state index >= 15 is 0 Å². The van der Waals surface area contributed by atoms with E-state index in [1.54, 1.807) is 24.3 Å². The Kier molecular flexibility index (Phi) is 2.43. The van der Waals surface area contributed by atoms with Gasteiger partial charge < -0.3 is 14.3 Å². The molecule has 1 heterocycles. The first kappa shape index (κ1) is 9.73. The summed E-state index contributed by atoms with van der Waals surface area (Å²) in [4.78, 5) is 11.2. The van der Waals surface area contributed by atoms with Crippen molar-refractivity contribution in [1.82, 2.24) is 0 Å². The van der Waals surface area contributed by atoms with Crippen LogP contribution in [0, 0.1) is 0 Å². The number of ether oxygens (including phenoxy) is 1. The van der Waals surface area contributed by atoms with Gasteiger partial charge in [-0.3, -0.25) is 0 Å². The Morgan fingerprint density at radius 3 is 2.87 bits per heavy atom. The normalized spacial score (nSPS) is 12.7. The molecule has 1 N–H and O–H groups in total. The van der Waals surface area contributed by atoms with E-state index in [-0.39, 0.29) is 0 Å². The Morgan fingerprint density at radius 2 is 2.13 bits per heavy atom. The molecule has 0 fully saturated rings. The standard InChI is InChI=1S/C11H10O4/c1-7(12)14-10-6-11(13)15-9-5-3-2-4-8(9)10/h2-7,12H,1H3. The fourth-order valence-electron chi connectivity index (χ4n) is 1.36. The summed E-state index contributed by atoms with van der Waals surface area (Å²) < 4.78 is 10.1. The van der Waals surface area contributed by atoms with E-state index in [0.29, 0.717) is 16.7 Å². The van der Waals surface area contributed by atoms with Crippen LogP contribution >= 0.6 is 0 Å². The van der Waals surface area contributed by atoms with Gasteiger partial charge >= 0.3 is 5.63 Å². The summed E-state index contributed by atoms with van der Waals surface area (Å²) in [5.41, 5.74) is -0.0509. The molecule has 1 aromatic carbocycles. The van der Waals surface area contributed by atoms with Crippen molar-refractivity contribution < 1.29 is 14.3 Å². The van der Waals surface area contributed by atoms with Crippen molar-refractivity contribution in [1.29, 1.82) is 0 Å². The van der Waals surface area contributed by atoms with Gasteiger partial charge in [-0.1, -0.05) is 12.1 Å². The average molecular weight is 206 g/mol. The van der Waals surface area contributed by atoms with Crippen molar-refractivity contribution in [3.8, 4) is 5.75 Å². The maximum absolute atomic E-state index is 11.2. The maximum Gasteiger partial charge on any atom is 0.339 e. The minimum atomic E-state index is -0.963.